The summed E-state index contributed by atoms with van der Waals surface area (Å²) in [7, 11) is 2.08. The molecule has 0 aliphatic carbocycles. The Kier molecular flexibility index (Phi) is 4.33. The molecule has 1 aliphatic heterocycles. The summed E-state index contributed by atoms with van der Waals surface area (Å²) in [6.07, 6.45) is 2.16. The Bertz CT molecular complexity index is 394. The molecule has 1 fully saturated rings. The Hall–Kier alpha value is -1.39. The van der Waals surface area contributed by atoms with Crippen molar-refractivity contribution < 1.29 is 9.90 Å². The van der Waals surface area contributed by atoms with Gasteiger partial charge in [0.05, 0.1) is 0 Å². The van der Waals surface area contributed by atoms with Crippen molar-refractivity contribution in [1.29, 1.82) is 0 Å². The molecule has 0 amide bonds. The van der Waals surface area contributed by atoms with E-state index in [0.29, 0.717) is 0 Å². The molecular formula is C14H20N2O2. The van der Waals surface area contributed by atoms with Gasteiger partial charge in [0.1, 0.15) is 6.04 Å². The molecule has 1 aromatic rings. The van der Waals surface area contributed by atoms with E-state index >= 15 is 0 Å². The predicted octanol–water partition coefficient (Wildman–Crippen LogP) is 1.50. The highest BCUT2D eigenvalue weighted by atomic mass is 16.4. The average Bonchev–Trinajstić information content (AvgIpc) is 2.37. The zero-order valence-electron chi connectivity index (χ0n) is 10.7. The van der Waals surface area contributed by atoms with Crippen LogP contribution in [0.15, 0.2) is 30.3 Å². The molecule has 4 heteroatoms. The van der Waals surface area contributed by atoms with Crippen molar-refractivity contribution >= 4 is 5.97 Å². The van der Waals surface area contributed by atoms with Gasteiger partial charge in [-0.2, -0.15) is 0 Å². The lowest BCUT2D eigenvalue weighted by atomic mass is 10.0. The first-order valence-electron chi connectivity index (χ1n) is 6.39. The van der Waals surface area contributed by atoms with Crippen LogP contribution in [-0.2, 0) is 4.79 Å². The lowest BCUT2D eigenvalue weighted by Gasteiger charge is -2.32. The Morgan fingerprint density at radius 3 is 2.78 bits per heavy atom. The smallest absolute Gasteiger partial charge is 0.325 e. The fourth-order valence-electron chi connectivity index (χ4n) is 2.49. The molecule has 2 N–H and O–H groups in total. The molecule has 1 saturated heterocycles. The van der Waals surface area contributed by atoms with Crippen molar-refractivity contribution in [3.63, 3.8) is 0 Å². The average molecular weight is 248 g/mol. The minimum absolute atomic E-state index is 0.255. The van der Waals surface area contributed by atoms with Crippen molar-refractivity contribution in [3.8, 4) is 0 Å². The largest absolute Gasteiger partial charge is 0.480 e. The zero-order chi connectivity index (χ0) is 13.0. The Balaban J connectivity index is 2.05. The van der Waals surface area contributed by atoms with Crippen molar-refractivity contribution in [1.82, 2.24) is 10.2 Å². The molecular weight excluding hydrogens is 228 g/mol. The van der Waals surface area contributed by atoms with Gasteiger partial charge >= 0.3 is 5.97 Å². The first-order chi connectivity index (χ1) is 8.66. The first kappa shape index (κ1) is 13.1. The normalized spacial score (nSPS) is 22.6. The molecule has 98 valence electrons. The third-order valence-corrected chi connectivity index (χ3v) is 3.41. The number of aliphatic carboxylic acids is 1. The van der Waals surface area contributed by atoms with Crippen LogP contribution >= 0.6 is 0 Å². The molecule has 2 unspecified atom stereocenters. The van der Waals surface area contributed by atoms with Gasteiger partial charge in [0.2, 0.25) is 0 Å². The fraction of sp³-hybridized carbons (Fsp3) is 0.500. The van der Waals surface area contributed by atoms with Gasteiger partial charge in [-0.25, -0.2) is 0 Å². The molecule has 2 rings (SSSR count). The van der Waals surface area contributed by atoms with Gasteiger partial charge in [0, 0.05) is 12.6 Å². The fourth-order valence-corrected chi connectivity index (χ4v) is 2.49. The number of hydrogen-bond acceptors (Lipinski definition) is 3. The zero-order valence-corrected chi connectivity index (χ0v) is 10.7. The molecule has 1 aromatic carbocycles. The van der Waals surface area contributed by atoms with Gasteiger partial charge in [-0.15, -0.1) is 0 Å². The Morgan fingerprint density at radius 1 is 1.44 bits per heavy atom. The van der Waals surface area contributed by atoms with E-state index in [1.54, 1.807) is 0 Å². The maximum atomic E-state index is 11.4. The number of hydrogen-bond donors (Lipinski definition) is 2. The number of carbonyl (C=O) groups is 1. The molecule has 2 atom stereocenters. The molecule has 4 nitrogen and oxygen atoms in total. The van der Waals surface area contributed by atoms with Gasteiger partial charge < -0.3 is 10.0 Å². The SMILES string of the molecule is CN1CCCC(NC(C(=O)O)c2ccccc2)C1. The maximum Gasteiger partial charge on any atom is 0.325 e. The van der Waals surface area contributed by atoms with Crippen molar-refractivity contribution in [2.24, 2.45) is 0 Å². The molecule has 0 radical (unpaired) electrons. The number of carboxylic acid groups (broad SMARTS) is 1. The molecule has 1 heterocycles. The molecule has 0 aromatic heterocycles. The molecule has 18 heavy (non-hydrogen) atoms. The molecule has 1 aliphatic rings. The van der Waals surface area contributed by atoms with Crippen LogP contribution in [0.5, 0.6) is 0 Å². The summed E-state index contributed by atoms with van der Waals surface area (Å²) >= 11 is 0. The van der Waals surface area contributed by atoms with Crippen LogP contribution in [0.1, 0.15) is 24.4 Å². The van der Waals surface area contributed by atoms with Gasteiger partial charge in [0.15, 0.2) is 0 Å². The second-order valence-corrected chi connectivity index (χ2v) is 4.95. The van der Waals surface area contributed by atoms with E-state index in [1.807, 2.05) is 30.3 Å². The highest BCUT2D eigenvalue weighted by molar-refractivity contribution is 5.75. The highest BCUT2D eigenvalue weighted by Gasteiger charge is 2.25. The monoisotopic (exact) mass is 248 g/mol. The number of carboxylic acids is 1. The third kappa shape index (κ3) is 3.31. The number of nitrogens with one attached hydrogen (secondary N) is 1. The highest BCUT2D eigenvalue weighted by Crippen LogP contribution is 2.17. The predicted molar refractivity (Wildman–Crippen MR) is 70.5 cm³/mol. The Labute approximate surface area is 108 Å². The minimum Gasteiger partial charge on any atom is -0.480 e. The second-order valence-electron chi connectivity index (χ2n) is 4.95. The van der Waals surface area contributed by atoms with E-state index in [1.165, 1.54) is 0 Å². The van der Waals surface area contributed by atoms with E-state index < -0.39 is 12.0 Å². The Morgan fingerprint density at radius 2 is 2.17 bits per heavy atom. The summed E-state index contributed by atoms with van der Waals surface area (Å²) in [6, 6.07) is 9.01. The minimum atomic E-state index is -0.811. The third-order valence-electron chi connectivity index (χ3n) is 3.41. The summed E-state index contributed by atoms with van der Waals surface area (Å²) in [5, 5.41) is 12.6. The standard InChI is InChI=1S/C14H20N2O2/c1-16-9-5-8-12(10-16)15-13(14(17)18)11-6-3-2-4-7-11/h2-4,6-7,12-13,15H,5,8-10H2,1H3,(H,17,18). The summed E-state index contributed by atoms with van der Waals surface area (Å²) in [5.41, 5.74) is 0.818. The van der Waals surface area contributed by atoms with Crippen molar-refractivity contribution in [3.05, 3.63) is 35.9 Å². The van der Waals surface area contributed by atoms with Crippen molar-refractivity contribution in [2.45, 2.75) is 24.9 Å². The lowest BCUT2D eigenvalue weighted by Crippen LogP contribution is -2.46. The number of likely N-dealkylation sites (tertiary alicyclic amines) is 1. The van der Waals surface area contributed by atoms with Gasteiger partial charge in [-0.1, -0.05) is 30.3 Å². The van der Waals surface area contributed by atoms with Gasteiger partial charge in [-0.05, 0) is 32.0 Å². The van der Waals surface area contributed by atoms with Crippen LogP contribution in [0.25, 0.3) is 0 Å². The van der Waals surface area contributed by atoms with E-state index in [2.05, 4.69) is 17.3 Å². The lowest BCUT2D eigenvalue weighted by molar-refractivity contribution is -0.140. The quantitative estimate of drug-likeness (QED) is 0.848. The summed E-state index contributed by atoms with van der Waals surface area (Å²) in [6.45, 7) is 2.01. The van der Waals surface area contributed by atoms with Gasteiger partial charge in [-0.3, -0.25) is 10.1 Å². The number of rotatable bonds is 4. The topological polar surface area (TPSA) is 52.6 Å². The number of likely N-dealkylation sites (N-methyl/N-ethyl adjacent to an activating group) is 1. The van der Waals surface area contributed by atoms with E-state index in [9.17, 15) is 9.90 Å². The van der Waals surface area contributed by atoms with Crippen LogP contribution in [0.3, 0.4) is 0 Å². The molecule has 0 bridgehead atoms. The number of piperidine rings is 1. The second kappa shape index (κ2) is 5.98. The molecule has 0 saturated carbocycles. The van der Waals surface area contributed by atoms with Crippen LogP contribution in [-0.4, -0.2) is 42.2 Å². The van der Waals surface area contributed by atoms with Crippen LogP contribution in [0, 0.1) is 0 Å². The first-order valence-corrected chi connectivity index (χ1v) is 6.39. The summed E-state index contributed by atoms with van der Waals surface area (Å²) in [5.74, 6) is -0.811. The summed E-state index contributed by atoms with van der Waals surface area (Å²) < 4.78 is 0. The maximum absolute atomic E-state index is 11.4. The van der Waals surface area contributed by atoms with Gasteiger partial charge in [0.25, 0.3) is 0 Å². The summed E-state index contributed by atoms with van der Waals surface area (Å²) in [4.78, 5) is 13.6. The van der Waals surface area contributed by atoms with Crippen LogP contribution in [0.2, 0.25) is 0 Å². The van der Waals surface area contributed by atoms with Crippen molar-refractivity contribution in [2.75, 3.05) is 20.1 Å². The number of benzene rings is 1. The van der Waals surface area contributed by atoms with E-state index in [-0.39, 0.29) is 6.04 Å². The number of nitrogens with zero attached hydrogens (tertiary/aromatic N) is 1. The van der Waals surface area contributed by atoms with Crippen LogP contribution in [0.4, 0.5) is 0 Å². The molecule has 0 spiro atoms. The van der Waals surface area contributed by atoms with E-state index in [4.69, 9.17) is 0 Å². The van der Waals surface area contributed by atoms with E-state index in [0.717, 1.165) is 31.5 Å². The van der Waals surface area contributed by atoms with Crippen LogP contribution < -0.4 is 5.32 Å².